The number of rotatable bonds is 4. The third kappa shape index (κ3) is 3.29. The van der Waals surface area contributed by atoms with Gasteiger partial charge in [0.1, 0.15) is 5.75 Å². The molecule has 0 saturated heterocycles. The fourth-order valence-corrected chi connectivity index (χ4v) is 2.96. The van der Waals surface area contributed by atoms with Crippen LogP contribution in [-0.4, -0.2) is 24.4 Å². The molecule has 5 heteroatoms. The van der Waals surface area contributed by atoms with Gasteiger partial charge in [-0.15, -0.1) is 0 Å². The second-order valence-corrected chi connectivity index (χ2v) is 5.59. The minimum atomic E-state index is -0.593. The van der Waals surface area contributed by atoms with E-state index in [0.717, 1.165) is 22.4 Å². The van der Waals surface area contributed by atoms with Crippen molar-refractivity contribution in [1.29, 1.82) is 0 Å². The van der Waals surface area contributed by atoms with E-state index in [2.05, 4.69) is 10.6 Å². The summed E-state index contributed by atoms with van der Waals surface area (Å²) >= 11 is 0. The zero-order chi connectivity index (χ0) is 16.2. The molecule has 0 spiro atoms. The van der Waals surface area contributed by atoms with Crippen LogP contribution in [0.1, 0.15) is 22.7 Å². The van der Waals surface area contributed by atoms with Crippen molar-refractivity contribution in [3.05, 3.63) is 65.2 Å². The first-order valence-corrected chi connectivity index (χ1v) is 7.61. The molecule has 23 heavy (non-hydrogen) atoms. The van der Waals surface area contributed by atoms with Crippen molar-refractivity contribution in [2.75, 3.05) is 7.11 Å². The third-order valence-electron chi connectivity index (χ3n) is 4.12. The fraction of sp³-hybridized carbons (Fsp3) is 0.278. The molecule has 3 N–H and O–H groups in total. The molecule has 0 bridgehead atoms. The van der Waals surface area contributed by atoms with Crippen molar-refractivity contribution in [1.82, 2.24) is 10.6 Å². The van der Waals surface area contributed by atoms with Crippen molar-refractivity contribution in [3.63, 3.8) is 0 Å². The summed E-state index contributed by atoms with van der Waals surface area (Å²) in [6, 6.07) is 14.6. The van der Waals surface area contributed by atoms with Crippen LogP contribution in [0.15, 0.2) is 48.5 Å². The minimum absolute atomic E-state index is 0.309. The molecule has 2 amide bonds. The Bertz CT molecular complexity index is 702. The number of hydrogen-bond donors (Lipinski definition) is 3. The van der Waals surface area contributed by atoms with E-state index in [0.29, 0.717) is 13.0 Å². The van der Waals surface area contributed by atoms with E-state index < -0.39 is 6.10 Å². The Kier molecular flexibility index (Phi) is 4.48. The zero-order valence-corrected chi connectivity index (χ0v) is 13.0. The highest BCUT2D eigenvalue weighted by Gasteiger charge is 2.31. The smallest absolute Gasteiger partial charge is 0.315 e. The number of ether oxygens (including phenoxy) is 1. The van der Waals surface area contributed by atoms with E-state index >= 15 is 0 Å². The number of aliphatic hydroxyl groups is 1. The standard InChI is InChI=1S/C18H20N2O3/c1-23-16-9-5-3-7-13(16)11-19-18(22)20-17-14-8-4-2-6-12(14)10-15(17)21/h2-9,15,17,21H,10-11H2,1H3,(H2,19,20,22). The van der Waals surface area contributed by atoms with Gasteiger partial charge in [0.05, 0.1) is 19.3 Å². The van der Waals surface area contributed by atoms with Crippen molar-refractivity contribution in [3.8, 4) is 5.75 Å². The molecule has 1 aliphatic carbocycles. The number of urea groups is 1. The monoisotopic (exact) mass is 312 g/mol. The van der Waals surface area contributed by atoms with Gasteiger partial charge >= 0.3 is 6.03 Å². The van der Waals surface area contributed by atoms with E-state index in [1.54, 1.807) is 7.11 Å². The van der Waals surface area contributed by atoms with Gasteiger partial charge in [-0.25, -0.2) is 4.79 Å². The van der Waals surface area contributed by atoms with E-state index in [1.165, 1.54) is 0 Å². The normalized spacial score (nSPS) is 19.0. The van der Waals surface area contributed by atoms with E-state index in [1.807, 2.05) is 48.5 Å². The van der Waals surface area contributed by atoms with Crippen LogP contribution < -0.4 is 15.4 Å². The second kappa shape index (κ2) is 6.71. The van der Waals surface area contributed by atoms with Crippen LogP contribution in [0, 0.1) is 0 Å². The molecule has 3 rings (SSSR count). The summed E-state index contributed by atoms with van der Waals surface area (Å²) in [6.07, 6.45) is -0.0300. The highest BCUT2D eigenvalue weighted by Crippen LogP contribution is 2.31. The summed E-state index contributed by atoms with van der Waals surface area (Å²) < 4.78 is 5.26. The number of methoxy groups -OCH3 is 1. The second-order valence-electron chi connectivity index (χ2n) is 5.59. The highest BCUT2D eigenvalue weighted by molar-refractivity contribution is 5.75. The first-order chi connectivity index (χ1) is 11.2. The molecule has 0 saturated carbocycles. The Balaban J connectivity index is 1.62. The molecule has 0 heterocycles. The van der Waals surface area contributed by atoms with Crippen LogP contribution in [-0.2, 0) is 13.0 Å². The number of nitrogens with one attached hydrogen (secondary N) is 2. The number of aliphatic hydroxyl groups excluding tert-OH is 1. The molecule has 0 aliphatic heterocycles. The molecular weight excluding hydrogens is 292 g/mol. The van der Waals surface area contributed by atoms with Crippen LogP contribution in [0.2, 0.25) is 0 Å². The summed E-state index contributed by atoms with van der Waals surface area (Å²) in [7, 11) is 1.60. The first-order valence-electron chi connectivity index (χ1n) is 7.61. The molecule has 2 aromatic rings. The number of fused-ring (bicyclic) bond motifs is 1. The maximum atomic E-state index is 12.2. The van der Waals surface area contributed by atoms with Gasteiger partial charge in [0.25, 0.3) is 0 Å². The van der Waals surface area contributed by atoms with E-state index in [-0.39, 0.29) is 12.1 Å². The molecule has 0 radical (unpaired) electrons. The Morgan fingerprint density at radius 2 is 1.96 bits per heavy atom. The molecule has 1 aliphatic rings. The van der Waals surface area contributed by atoms with Crippen LogP contribution in [0.3, 0.4) is 0 Å². The van der Waals surface area contributed by atoms with E-state index in [4.69, 9.17) is 4.74 Å². The molecule has 2 atom stereocenters. The first kappa shape index (κ1) is 15.4. The van der Waals surface area contributed by atoms with Crippen LogP contribution in [0.25, 0.3) is 0 Å². The number of para-hydroxylation sites is 1. The molecule has 0 fully saturated rings. The average Bonchev–Trinajstić information content (AvgIpc) is 2.89. The van der Waals surface area contributed by atoms with Gasteiger partial charge in [-0.2, -0.15) is 0 Å². The topological polar surface area (TPSA) is 70.6 Å². The van der Waals surface area contributed by atoms with Crippen LogP contribution in [0.5, 0.6) is 5.75 Å². The maximum absolute atomic E-state index is 12.2. The average molecular weight is 312 g/mol. The van der Waals surface area contributed by atoms with Crippen LogP contribution >= 0.6 is 0 Å². The Morgan fingerprint density at radius 1 is 1.22 bits per heavy atom. The van der Waals surface area contributed by atoms with Gasteiger partial charge in [-0.3, -0.25) is 0 Å². The van der Waals surface area contributed by atoms with Gasteiger partial charge in [-0.05, 0) is 17.2 Å². The molecular formula is C18H20N2O3. The number of amides is 2. The molecule has 2 aromatic carbocycles. The van der Waals surface area contributed by atoms with Gasteiger partial charge in [0.15, 0.2) is 0 Å². The quantitative estimate of drug-likeness (QED) is 0.810. The lowest BCUT2D eigenvalue weighted by Gasteiger charge is -2.18. The Morgan fingerprint density at radius 3 is 2.78 bits per heavy atom. The van der Waals surface area contributed by atoms with Gasteiger partial charge in [-0.1, -0.05) is 42.5 Å². The van der Waals surface area contributed by atoms with Gasteiger partial charge in [0.2, 0.25) is 0 Å². The zero-order valence-electron chi connectivity index (χ0n) is 13.0. The highest BCUT2D eigenvalue weighted by atomic mass is 16.5. The van der Waals surface area contributed by atoms with Crippen molar-refractivity contribution in [2.24, 2.45) is 0 Å². The lowest BCUT2D eigenvalue weighted by molar-refractivity contribution is 0.142. The van der Waals surface area contributed by atoms with Gasteiger partial charge in [0, 0.05) is 18.5 Å². The van der Waals surface area contributed by atoms with Crippen molar-refractivity contribution < 1.29 is 14.6 Å². The molecule has 0 aromatic heterocycles. The number of benzene rings is 2. The number of carbonyl (C=O) groups excluding carboxylic acids is 1. The van der Waals surface area contributed by atoms with Crippen LogP contribution in [0.4, 0.5) is 4.79 Å². The minimum Gasteiger partial charge on any atom is -0.496 e. The third-order valence-corrected chi connectivity index (χ3v) is 4.12. The molecule has 5 nitrogen and oxygen atoms in total. The van der Waals surface area contributed by atoms with Crippen molar-refractivity contribution in [2.45, 2.75) is 25.1 Å². The number of carbonyl (C=O) groups is 1. The summed E-state index contributed by atoms with van der Waals surface area (Å²) in [5.41, 5.74) is 2.96. The maximum Gasteiger partial charge on any atom is 0.315 e. The predicted octanol–water partition coefficient (Wildman–Crippen LogP) is 2.15. The lowest BCUT2D eigenvalue weighted by Crippen LogP contribution is -2.40. The SMILES string of the molecule is COc1ccccc1CNC(=O)NC1c2ccccc2CC1O. The molecule has 120 valence electrons. The van der Waals surface area contributed by atoms with Crippen molar-refractivity contribution >= 4 is 6.03 Å². The lowest BCUT2D eigenvalue weighted by atomic mass is 10.1. The largest absolute Gasteiger partial charge is 0.496 e. The number of hydrogen-bond acceptors (Lipinski definition) is 3. The Labute approximate surface area is 135 Å². The predicted molar refractivity (Wildman–Crippen MR) is 87.3 cm³/mol. The molecule has 2 unspecified atom stereocenters. The summed E-state index contributed by atoms with van der Waals surface area (Å²) in [6.45, 7) is 0.361. The van der Waals surface area contributed by atoms with Gasteiger partial charge < -0.3 is 20.5 Å². The summed E-state index contributed by atoms with van der Waals surface area (Å²) in [4.78, 5) is 12.2. The summed E-state index contributed by atoms with van der Waals surface area (Å²) in [5.74, 6) is 0.735. The summed E-state index contributed by atoms with van der Waals surface area (Å²) in [5, 5.41) is 15.8. The Hall–Kier alpha value is -2.53. The fourth-order valence-electron chi connectivity index (χ4n) is 2.96. The van der Waals surface area contributed by atoms with E-state index in [9.17, 15) is 9.90 Å².